The topological polar surface area (TPSA) is 75.6 Å². The van der Waals surface area contributed by atoms with Crippen molar-refractivity contribution in [2.75, 3.05) is 5.32 Å². The van der Waals surface area contributed by atoms with Crippen LogP contribution < -0.4 is 10.1 Å². The normalized spacial score (nSPS) is 19.8. The zero-order chi connectivity index (χ0) is 16.3. The number of rotatable bonds is 6. The Labute approximate surface area is 136 Å². The maximum Gasteiger partial charge on any atom is 0.310 e. The average Bonchev–Trinajstić information content (AvgIpc) is 2.97. The van der Waals surface area contributed by atoms with Crippen LogP contribution in [0, 0.1) is 5.41 Å². The third kappa shape index (κ3) is 3.49. The fourth-order valence-electron chi connectivity index (χ4n) is 3.43. The first kappa shape index (κ1) is 15.8. The third-order valence-corrected chi connectivity index (χ3v) is 5.02. The number of hydrogen-bond acceptors (Lipinski definition) is 3. The summed E-state index contributed by atoms with van der Waals surface area (Å²) in [5, 5.41) is 12.2. The Hall–Kier alpha value is -2.04. The smallest absolute Gasteiger partial charge is 0.310 e. The number of benzene rings is 1. The number of carbonyl (C=O) groups excluding carboxylic acids is 1. The van der Waals surface area contributed by atoms with Gasteiger partial charge in [0.2, 0.25) is 5.91 Å². The van der Waals surface area contributed by atoms with Crippen molar-refractivity contribution in [1.29, 1.82) is 0 Å². The fraction of sp³-hybridized carbons (Fsp3) is 0.556. The van der Waals surface area contributed by atoms with E-state index in [0.29, 0.717) is 24.3 Å². The Bertz CT molecular complexity index is 588. The summed E-state index contributed by atoms with van der Waals surface area (Å²) in [4.78, 5) is 23.7. The quantitative estimate of drug-likeness (QED) is 0.840. The molecule has 3 rings (SSSR count). The van der Waals surface area contributed by atoms with Gasteiger partial charge in [-0.1, -0.05) is 18.6 Å². The summed E-state index contributed by atoms with van der Waals surface area (Å²) in [6.45, 7) is 0. The molecular formula is C18H23NO4. The molecule has 5 heteroatoms. The van der Waals surface area contributed by atoms with Crippen LogP contribution in [-0.4, -0.2) is 23.1 Å². The number of carboxylic acid groups (broad SMARTS) is 1. The van der Waals surface area contributed by atoms with Crippen LogP contribution in [0.25, 0.3) is 0 Å². The molecule has 0 radical (unpaired) electrons. The molecule has 23 heavy (non-hydrogen) atoms. The van der Waals surface area contributed by atoms with Gasteiger partial charge in [0.15, 0.2) is 0 Å². The fourth-order valence-corrected chi connectivity index (χ4v) is 3.43. The molecule has 1 amide bonds. The van der Waals surface area contributed by atoms with Crippen LogP contribution in [0.3, 0.4) is 0 Å². The van der Waals surface area contributed by atoms with Crippen molar-refractivity contribution < 1.29 is 19.4 Å². The maximum atomic E-state index is 12.3. The van der Waals surface area contributed by atoms with Crippen molar-refractivity contribution >= 4 is 17.6 Å². The van der Waals surface area contributed by atoms with Crippen LogP contribution in [-0.2, 0) is 9.59 Å². The zero-order valence-electron chi connectivity index (χ0n) is 13.2. The van der Waals surface area contributed by atoms with Crippen molar-refractivity contribution in [3.63, 3.8) is 0 Å². The minimum Gasteiger partial charge on any atom is -0.488 e. The Morgan fingerprint density at radius 1 is 1.17 bits per heavy atom. The lowest BCUT2D eigenvalue weighted by atomic mass is 9.66. The number of carboxylic acids is 1. The Morgan fingerprint density at radius 2 is 1.87 bits per heavy atom. The van der Waals surface area contributed by atoms with E-state index in [-0.39, 0.29) is 18.4 Å². The molecule has 2 aliphatic carbocycles. The summed E-state index contributed by atoms with van der Waals surface area (Å²) < 4.78 is 5.99. The first-order valence-corrected chi connectivity index (χ1v) is 8.38. The summed E-state index contributed by atoms with van der Waals surface area (Å²) in [7, 11) is 0. The predicted molar refractivity (Wildman–Crippen MR) is 86.5 cm³/mol. The number of nitrogens with one attached hydrogen (secondary N) is 1. The number of carbonyl (C=O) groups is 2. The van der Waals surface area contributed by atoms with Gasteiger partial charge >= 0.3 is 5.97 Å². The van der Waals surface area contributed by atoms with E-state index >= 15 is 0 Å². The second-order valence-electron chi connectivity index (χ2n) is 6.68. The van der Waals surface area contributed by atoms with Crippen LogP contribution >= 0.6 is 0 Å². The lowest BCUT2D eigenvalue weighted by Crippen LogP contribution is -2.41. The Kier molecular flexibility index (Phi) is 4.55. The molecular weight excluding hydrogens is 294 g/mol. The first-order chi connectivity index (χ1) is 11.1. The van der Waals surface area contributed by atoms with Crippen LogP contribution in [0.4, 0.5) is 5.69 Å². The van der Waals surface area contributed by atoms with E-state index < -0.39 is 11.4 Å². The van der Waals surface area contributed by atoms with Gasteiger partial charge in [0.25, 0.3) is 0 Å². The Morgan fingerprint density at radius 3 is 2.48 bits per heavy atom. The SMILES string of the molecule is O=C(CC1(C(=O)O)CCC1)Nc1ccccc1OC1CCCC1. The standard InChI is InChI=1S/C18H23NO4/c20-16(12-18(17(21)22)10-5-11-18)19-14-8-3-4-9-15(14)23-13-6-1-2-7-13/h3-4,8-9,13H,1-2,5-7,10-12H2,(H,19,20)(H,21,22). The van der Waals surface area contributed by atoms with Gasteiger partial charge in [-0.15, -0.1) is 0 Å². The molecule has 2 fully saturated rings. The minimum absolute atomic E-state index is 0.0279. The summed E-state index contributed by atoms with van der Waals surface area (Å²) in [6, 6.07) is 7.37. The highest BCUT2D eigenvalue weighted by Gasteiger charge is 2.45. The van der Waals surface area contributed by atoms with Gasteiger partial charge in [-0.3, -0.25) is 9.59 Å². The highest BCUT2D eigenvalue weighted by atomic mass is 16.5. The highest BCUT2D eigenvalue weighted by molar-refractivity contribution is 5.95. The number of hydrogen-bond donors (Lipinski definition) is 2. The summed E-state index contributed by atoms with van der Waals surface area (Å²) in [5.41, 5.74) is -0.241. The molecule has 2 aliphatic rings. The van der Waals surface area contributed by atoms with Crippen LogP contribution in [0.5, 0.6) is 5.75 Å². The van der Waals surface area contributed by atoms with Crippen molar-refractivity contribution in [2.24, 2.45) is 5.41 Å². The molecule has 1 aromatic carbocycles. The summed E-state index contributed by atoms with van der Waals surface area (Å²) in [5.74, 6) is -0.449. The second kappa shape index (κ2) is 6.60. The van der Waals surface area contributed by atoms with Crippen LogP contribution in [0.15, 0.2) is 24.3 Å². The minimum atomic E-state index is -0.870. The molecule has 124 valence electrons. The van der Waals surface area contributed by atoms with E-state index in [2.05, 4.69) is 5.32 Å². The molecule has 0 unspecified atom stereocenters. The predicted octanol–water partition coefficient (Wildman–Crippen LogP) is 3.59. The Balaban J connectivity index is 1.65. The molecule has 2 N–H and O–H groups in total. The molecule has 2 saturated carbocycles. The van der Waals surface area contributed by atoms with E-state index in [1.165, 1.54) is 12.8 Å². The van der Waals surface area contributed by atoms with Gasteiger partial charge in [-0.05, 0) is 50.7 Å². The largest absolute Gasteiger partial charge is 0.488 e. The van der Waals surface area contributed by atoms with Gasteiger partial charge in [0.1, 0.15) is 5.75 Å². The van der Waals surface area contributed by atoms with Crippen molar-refractivity contribution in [3.05, 3.63) is 24.3 Å². The zero-order valence-corrected chi connectivity index (χ0v) is 13.2. The first-order valence-electron chi connectivity index (χ1n) is 8.38. The van der Waals surface area contributed by atoms with E-state index in [1.807, 2.05) is 18.2 Å². The molecule has 0 spiro atoms. The molecule has 1 aromatic rings. The van der Waals surface area contributed by atoms with Crippen molar-refractivity contribution in [2.45, 2.75) is 57.5 Å². The monoisotopic (exact) mass is 317 g/mol. The van der Waals surface area contributed by atoms with Crippen LogP contribution in [0.1, 0.15) is 51.4 Å². The highest BCUT2D eigenvalue weighted by Crippen LogP contribution is 2.44. The van der Waals surface area contributed by atoms with E-state index in [9.17, 15) is 14.7 Å². The lowest BCUT2D eigenvalue weighted by molar-refractivity contribution is -0.157. The maximum absolute atomic E-state index is 12.3. The molecule has 0 aromatic heterocycles. The molecule has 0 heterocycles. The van der Waals surface area contributed by atoms with Gasteiger partial charge < -0.3 is 15.2 Å². The molecule has 5 nitrogen and oxygen atoms in total. The number of aliphatic carboxylic acids is 1. The number of ether oxygens (including phenoxy) is 1. The number of anilines is 1. The molecule has 0 aliphatic heterocycles. The van der Waals surface area contributed by atoms with Gasteiger partial charge in [0, 0.05) is 6.42 Å². The van der Waals surface area contributed by atoms with Gasteiger partial charge in [-0.2, -0.15) is 0 Å². The second-order valence-corrected chi connectivity index (χ2v) is 6.68. The summed E-state index contributed by atoms with van der Waals surface area (Å²) >= 11 is 0. The molecule has 0 saturated heterocycles. The van der Waals surface area contributed by atoms with E-state index in [1.54, 1.807) is 6.07 Å². The average molecular weight is 317 g/mol. The van der Waals surface area contributed by atoms with E-state index in [0.717, 1.165) is 19.3 Å². The van der Waals surface area contributed by atoms with Crippen LogP contribution in [0.2, 0.25) is 0 Å². The number of amides is 1. The molecule has 0 bridgehead atoms. The summed E-state index contributed by atoms with van der Waals surface area (Å²) in [6.07, 6.45) is 6.73. The van der Waals surface area contributed by atoms with Crippen molar-refractivity contribution in [1.82, 2.24) is 0 Å². The molecule has 0 atom stereocenters. The van der Waals surface area contributed by atoms with Crippen molar-refractivity contribution in [3.8, 4) is 5.75 Å². The third-order valence-electron chi connectivity index (χ3n) is 5.02. The van der Waals surface area contributed by atoms with Gasteiger partial charge in [0.05, 0.1) is 17.2 Å². The van der Waals surface area contributed by atoms with E-state index in [4.69, 9.17) is 4.74 Å². The lowest BCUT2D eigenvalue weighted by Gasteiger charge is -2.36. The number of para-hydroxylation sites is 2. The van der Waals surface area contributed by atoms with Gasteiger partial charge in [-0.25, -0.2) is 0 Å².